The summed E-state index contributed by atoms with van der Waals surface area (Å²) < 4.78 is 57.6. The van der Waals surface area contributed by atoms with E-state index in [0.717, 1.165) is 24.8 Å². The number of hydrogen-bond donors (Lipinski definition) is 1. The van der Waals surface area contributed by atoms with Crippen LogP contribution in [0.1, 0.15) is 95.6 Å². The molecule has 1 N–H and O–H groups in total. The predicted octanol–water partition coefficient (Wildman–Crippen LogP) is 7.37. The zero-order chi connectivity index (χ0) is 26.9. The minimum Gasteiger partial charge on any atom is -0.282 e. The number of unbranched alkanes of at least 4 members (excludes halogenated alkanes) is 9. The molecule has 6 nitrogen and oxygen atoms in total. The molecule has 8 heteroatoms. The molecular weight excluding hydrogens is 496 g/mol. The van der Waals surface area contributed by atoms with Crippen molar-refractivity contribution >= 4 is 20.2 Å². The molecule has 0 saturated heterocycles. The Labute approximate surface area is 219 Å². The Bertz CT molecular complexity index is 1040. The molecule has 0 bridgehead atoms. The van der Waals surface area contributed by atoms with Gasteiger partial charge in [0.1, 0.15) is 0 Å². The van der Waals surface area contributed by atoms with Gasteiger partial charge in [-0.1, -0.05) is 102 Å². The maximum Gasteiger partial charge on any atom is 0.296 e. The molecule has 36 heavy (non-hydrogen) atoms. The Balaban J connectivity index is 0.000000420. The highest BCUT2D eigenvalue weighted by Gasteiger charge is 2.12. The van der Waals surface area contributed by atoms with E-state index in [1.165, 1.54) is 89.0 Å². The van der Waals surface area contributed by atoms with Crippen molar-refractivity contribution in [3.8, 4) is 0 Å². The molecule has 204 valence electrons. The molecule has 0 aliphatic carbocycles. The summed E-state index contributed by atoms with van der Waals surface area (Å²) in [5.41, 5.74) is 2.27. The van der Waals surface area contributed by atoms with E-state index in [4.69, 9.17) is 4.55 Å². The van der Waals surface area contributed by atoms with Crippen molar-refractivity contribution in [3.05, 3.63) is 59.7 Å². The normalized spacial score (nSPS) is 11.7. The van der Waals surface area contributed by atoms with Crippen molar-refractivity contribution in [1.82, 2.24) is 0 Å². The fourth-order valence-corrected chi connectivity index (χ4v) is 4.99. The molecular formula is C28H44O6S2. The lowest BCUT2D eigenvalue weighted by Crippen LogP contribution is -2.02. The van der Waals surface area contributed by atoms with Crippen molar-refractivity contribution in [2.45, 2.75) is 107 Å². The zero-order valence-corrected chi connectivity index (χ0v) is 23.7. The first-order valence-electron chi connectivity index (χ1n) is 13.1. The summed E-state index contributed by atoms with van der Waals surface area (Å²) in [6.07, 6.45) is 16.3. The number of benzene rings is 2. The van der Waals surface area contributed by atoms with E-state index in [0.29, 0.717) is 0 Å². The molecule has 0 saturated carbocycles. The lowest BCUT2D eigenvalue weighted by Gasteiger charge is -2.05. The SMILES string of the molecule is CCCCCCCCCCCCc1ccc(S(=O)(=O)OC)cc1.CCCc1ccc(S(=O)(=O)O)cc1. The van der Waals surface area contributed by atoms with Crippen molar-refractivity contribution in [1.29, 1.82) is 0 Å². The Hall–Kier alpha value is -1.74. The highest BCUT2D eigenvalue weighted by atomic mass is 32.2. The van der Waals surface area contributed by atoms with Crippen LogP contribution in [0.2, 0.25) is 0 Å². The van der Waals surface area contributed by atoms with Crippen molar-refractivity contribution in [2.75, 3.05) is 7.11 Å². The van der Waals surface area contributed by atoms with Crippen molar-refractivity contribution in [3.63, 3.8) is 0 Å². The minimum absolute atomic E-state index is 0.0487. The van der Waals surface area contributed by atoms with E-state index in [1.807, 2.05) is 12.1 Å². The van der Waals surface area contributed by atoms with Gasteiger partial charge < -0.3 is 0 Å². The monoisotopic (exact) mass is 540 g/mol. The van der Waals surface area contributed by atoms with Crippen LogP contribution < -0.4 is 0 Å². The number of aryl methyl sites for hydroxylation is 2. The minimum atomic E-state index is -4.03. The van der Waals surface area contributed by atoms with Crippen LogP contribution in [0.5, 0.6) is 0 Å². The molecule has 0 fully saturated rings. The van der Waals surface area contributed by atoms with Crippen LogP contribution in [0.4, 0.5) is 0 Å². The predicted molar refractivity (Wildman–Crippen MR) is 146 cm³/mol. The molecule has 2 aromatic rings. The van der Waals surface area contributed by atoms with Crippen molar-refractivity contribution < 1.29 is 25.6 Å². The van der Waals surface area contributed by atoms with E-state index in [9.17, 15) is 16.8 Å². The molecule has 0 unspecified atom stereocenters. The highest BCUT2D eigenvalue weighted by molar-refractivity contribution is 7.86. The van der Waals surface area contributed by atoms with Crippen LogP contribution in [0, 0.1) is 0 Å². The van der Waals surface area contributed by atoms with Gasteiger partial charge in [0.05, 0.1) is 16.9 Å². The quantitative estimate of drug-likeness (QED) is 0.136. The van der Waals surface area contributed by atoms with Crippen LogP contribution in [-0.2, 0) is 37.3 Å². The molecule has 0 amide bonds. The maximum atomic E-state index is 11.5. The Kier molecular flexibility index (Phi) is 15.8. The third-order valence-corrected chi connectivity index (χ3v) is 8.17. The fourth-order valence-electron chi connectivity index (χ4n) is 3.85. The Morgan fingerprint density at radius 1 is 0.583 bits per heavy atom. The number of rotatable bonds is 16. The first-order chi connectivity index (χ1) is 17.1. The third-order valence-electron chi connectivity index (χ3n) is 6.01. The summed E-state index contributed by atoms with van der Waals surface area (Å²) in [6.45, 7) is 4.31. The van der Waals surface area contributed by atoms with E-state index < -0.39 is 20.2 Å². The molecule has 0 radical (unpaired) electrons. The summed E-state index contributed by atoms with van der Waals surface area (Å²) in [5, 5.41) is 0. The molecule has 2 aromatic carbocycles. The smallest absolute Gasteiger partial charge is 0.282 e. The molecule has 0 atom stereocenters. The molecule has 0 aliphatic rings. The lowest BCUT2D eigenvalue weighted by atomic mass is 10.0. The second-order valence-corrected chi connectivity index (χ2v) is 12.2. The van der Waals surface area contributed by atoms with Crippen molar-refractivity contribution in [2.24, 2.45) is 0 Å². The van der Waals surface area contributed by atoms with Gasteiger partial charge in [0.25, 0.3) is 20.2 Å². The zero-order valence-electron chi connectivity index (χ0n) is 22.1. The van der Waals surface area contributed by atoms with Gasteiger partial charge in [-0.2, -0.15) is 16.8 Å². The van der Waals surface area contributed by atoms with Gasteiger partial charge in [-0.05, 0) is 54.7 Å². The standard InChI is InChI=1S/C19H32O3S.C9H12O3S/c1-3-4-5-6-7-8-9-10-11-12-13-18-14-16-19(17-15-18)23(20,21)22-2;1-2-3-8-4-6-9(7-5-8)13(10,11)12/h14-17H,3-13H2,1-2H3;4-7H,2-3H2,1H3,(H,10,11,12). The van der Waals surface area contributed by atoms with E-state index in [-0.39, 0.29) is 9.79 Å². The Morgan fingerprint density at radius 2 is 1.00 bits per heavy atom. The lowest BCUT2D eigenvalue weighted by molar-refractivity contribution is 0.397. The first kappa shape index (κ1) is 32.3. The van der Waals surface area contributed by atoms with Crippen LogP contribution in [0.25, 0.3) is 0 Å². The average Bonchev–Trinajstić information content (AvgIpc) is 2.86. The average molecular weight is 541 g/mol. The van der Waals surface area contributed by atoms with Gasteiger partial charge in [0, 0.05) is 0 Å². The third kappa shape index (κ3) is 13.5. The van der Waals surface area contributed by atoms with Crippen LogP contribution in [0.3, 0.4) is 0 Å². The largest absolute Gasteiger partial charge is 0.296 e. The van der Waals surface area contributed by atoms with Gasteiger partial charge in [-0.15, -0.1) is 0 Å². The summed E-state index contributed by atoms with van der Waals surface area (Å²) in [6, 6.07) is 13.3. The highest BCUT2D eigenvalue weighted by Crippen LogP contribution is 2.16. The van der Waals surface area contributed by atoms with Crippen LogP contribution in [-0.4, -0.2) is 28.5 Å². The maximum absolute atomic E-state index is 11.5. The first-order valence-corrected chi connectivity index (χ1v) is 15.9. The molecule has 0 spiro atoms. The van der Waals surface area contributed by atoms with E-state index >= 15 is 0 Å². The summed E-state index contributed by atoms with van der Waals surface area (Å²) in [7, 11) is -6.41. The molecule has 0 aromatic heterocycles. The Morgan fingerprint density at radius 3 is 1.42 bits per heavy atom. The van der Waals surface area contributed by atoms with E-state index in [1.54, 1.807) is 24.3 Å². The summed E-state index contributed by atoms with van der Waals surface area (Å²) >= 11 is 0. The summed E-state index contributed by atoms with van der Waals surface area (Å²) in [4.78, 5) is 0.180. The second-order valence-electron chi connectivity index (χ2n) is 9.07. The summed E-state index contributed by atoms with van der Waals surface area (Å²) in [5.74, 6) is 0. The molecule has 0 aliphatic heterocycles. The molecule has 0 heterocycles. The second kappa shape index (κ2) is 17.7. The molecule has 2 rings (SSSR count). The van der Waals surface area contributed by atoms with Gasteiger partial charge in [-0.25, -0.2) is 0 Å². The van der Waals surface area contributed by atoms with Gasteiger partial charge >= 0.3 is 0 Å². The van der Waals surface area contributed by atoms with E-state index in [2.05, 4.69) is 18.0 Å². The van der Waals surface area contributed by atoms with Gasteiger partial charge in [0.15, 0.2) is 0 Å². The van der Waals surface area contributed by atoms with Gasteiger partial charge in [-0.3, -0.25) is 8.74 Å². The number of hydrogen-bond acceptors (Lipinski definition) is 5. The fraction of sp³-hybridized carbons (Fsp3) is 0.571. The topological polar surface area (TPSA) is 97.7 Å². The van der Waals surface area contributed by atoms with Gasteiger partial charge in [0.2, 0.25) is 0 Å². The van der Waals surface area contributed by atoms with Crippen LogP contribution in [0.15, 0.2) is 58.3 Å². The van der Waals surface area contributed by atoms with Crippen LogP contribution >= 0.6 is 0 Å².